The third kappa shape index (κ3) is 3.22. The molecule has 148 valence electrons. The Labute approximate surface area is 165 Å². The van der Waals surface area contributed by atoms with E-state index in [-0.39, 0.29) is 29.3 Å². The van der Waals surface area contributed by atoms with Crippen molar-refractivity contribution in [1.29, 1.82) is 0 Å². The van der Waals surface area contributed by atoms with Crippen molar-refractivity contribution in [1.82, 2.24) is 9.36 Å². The summed E-state index contributed by atoms with van der Waals surface area (Å²) in [7, 11) is 1.73. The van der Waals surface area contributed by atoms with Gasteiger partial charge in [0.1, 0.15) is 11.5 Å². The van der Waals surface area contributed by atoms with Gasteiger partial charge in [-0.25, -0.2) is 9.07 Å². The van der Waals surface area contributed by atoms with Crippen LogP contribution in [0.3, 0.4) is 0 Å². The third-order valence-corrected chi connectivity index (χ3v) is 5.17. The molecule has 29 heavy (non-hydrogen) atoms. The lowest BCUT2D eigenvalue weighted by molar-refractivity contribution is -0.123. The minimum atomic E-state index is -0.816. The van der Waals surface area contributed by atoms with E-state index in [1.807, 2.05) is 18.2 Å². The van der Waals surface area contributed by atoms with Gasteiger partial charge in [-0.3, -0.25) is 19.1 Å². The second-order valence-electron chi connectivity index (χ2n) is 6.96. The van der Waals surface area contributed by atoms with Crippen molar-refractivity contribution >= 4 is 23.2 Å². The first-order valence-electron chi connectivity index (χ1n) is 9.11. The molecule has 0 fully saturated rings. The van der Waals surface area contributed by atoms with Crippen LogP contribution in [-0.4, -0.2) is 21.2 Å². The molecule has 1 aliphatic rings. The molecule has 1 aliphatic heterocycles. The molecule has 0 radical (unpaired) electrons. The molecule has 0 bridgehead atoms. The highest BCUT2D eigenvalue weighted by Gasteiger charge is 2.32. The summed E-state index contributed by atoms with van der Waals surface area (Å²) in [6.07, 6.45) is -0.0801. The molecular formula is C21H19FN4O3. The predicted octanol–water partition coefficient (Wildman–Crippen LogP) is 2.69. The lowest BCUT2D eigenvalue weighted by atomic mass is 9.89. The second kappa shape index (κ2) is 7.05. The average Bonchev–Trinajstić information content (AvgIpc) is 2.90. The molecule has 4 rings (SSSR count). The van der Waals surface area contributed by atoms with Gasteiger partial charge in [-0.1, -0.05) is 24.3 Å². The van der Waals surface area contributed by atoms with Gasteiger partial charge in [-0.05, 0) is 36.8 Å². The molecule has 0 saturated carbocycles. The van der Waals surface area contributed by atoms with Crippen molar-refractivity contribution in [3.63, 3.8) is 0 Å². The molecular weight excluding hydrogens is 375 g/mol. The Kier molecular flexibility index (Phi) is 4.54. The molecule has 3 aromatic rings. The SMILES string of the molecule is Cc1c(NC(=O)C2CC(=O)Nc3cc(F)ccc32)c(=O)n(-c2ccccc2)n1C. The number of amides is 2. The van der Waals surface area contributed by atoms with Crippen molar-refractivity contribution in [3.05, 3.63) is 76.0 Å². The molecule has 2 aromatic carbocycles. The smallest absolute Gasteiger partial charge is 0.295 e. The van der Waals surface area contributed by atoms with Gasteiger partial charge in [0.2, 0.25) is 11.8 Å². The number of fused-ring (bicyclic) bond motifs is 1. The zero-order valence-electron chi connectivity index (χ0n) is 15.9. The van der Waals surface area contributed by atoms with Crippen LogP contribution in [0, 0.1) is 12.7 Å². The maximum atomic E-state index is 13.5. The van der Waals surface area contributed by atoms with Crippen LogP contribution in [0.15, 0.2) is 53.3 Å². The standard InChI is InChI=1S/C21H19FN4O3/c1-12-19(21(29)26(25(12)2)14-6-4-3-5-7-14)24-20(28)16-11-18(27)23-17-10-13(22)8-9-15(16)17/h3-10,16H,11H2,1-2H3,(H,23,27)(H,24,28). The summed E-state index contributed by atoms with van der Waals surface area (Å²) in [4.78, 5) is 38.0. The summed E-state index contributed by atoms with van der Waals surface area (Å²) in [6, 6.07) is 13.0. The summed E-state index contributed by atoms with van der Waals surface area (Å²) >= 11 is 0. The molecule has 2 heterocycles. The van der Waals surface area contributed by atoms with E-state index < -0.39 is 17.6 Å². The van der Waals surface area contributed by atoms with Gasteiger partial charge < -0.3 is 10.6 Å². The zero-order chi connectivity index (χ0) is 20.7. The van der Waals surface area contributed by atoms with E-state index in [0.717, 1.165) is 0 Å². The van der Waals surface area contributed by atoms with Crippen LogP contribution >= 0.6 is 0 Å². The van der Waals surface area contributed by atoms with Gasteiger partial charge in [0, 0.05) is 19.2 Å². The van der Waals surface area contributed by atoms with Crippen LogP contribution in [0.25, 0.3) is 5.69 Å². The summed E-state index contributed by atoms with van der Waals surface area (Å²) < 4.78 is 16.6. The third-order valence-electron chi connectivity index (χ3n) is 5.17. The minimum absolute atomic E-state index is 0.0801. The van der Waals surface area contributed by atoms with Crippen LogP contribution in [0.1, 0.15) is 23.6 Å². The van der Waals surface area contributed by atoms with Gasteiger partial charge >= 0.3 is 0 Å². The molecule has 0 spiro atoms. The maximum absolute atomic E-state index is 13.5. The van der Waals surface area contributed by atoms with Crippen molar-refractivity contribution < 1.29 is 14.0 Å². The number of para-hydroxylation sites is 1. The number of halogens is 1. The van der Waals surface area contributed by atoms with Gasteiger partial charge in [0.05, 0.1) is 17.3 Å². The number of hydrogen-bond acceptors (Lipinski definition) is 3. The number of hydrogen-bond donors (Lipinski definition) is 2. The largest absolute Gasteiger partial charge is 0.326 e. The summed E-state index contributed by atoms with van der Waals surface area (Å²) in [5.74, 6) is -2.19. The van der Waals surface area contributed by atoms with E-state index in [1.165, 1.54) is 22.9 Å². The van der Waals surface area contributed by atoms with Crippen molar-refractivity contribution in [2.24, 2.45) is 7.05 Å². The monoisotopic (exact) mass is 394 g/mol. The van der Waals surface area contributed by atoms with Crippen LogP contribution in [0.2, 0.25) is 0 Å². The molecule has 1 aromatic heterocycles. The highest BCUT2D eigenvalue weighted by Crippen LogP contribution is 2.33. The van der Waals surface area contributed by atoms with E-state index >= 15 is 0 Å². The molecule has 7 nitrogen and oxygen atoms in total. The Morgan fingerprint density at radius 3 is 2.62 bits per heavy atom. The first-order chi connectivity index (χ1) is 13.9. The van der Waals surface area contributed by atoms with Gasteiger partial charge in [-0.15, -0.1) is 0 Å². The zero-order valence-corrected chi connectivity index (χ0v) is 15.9. The molecule has 0 aliphatic carbocycles. The minimum Gasteiger partial charge on any atom is -0.326 e. The fourth-order valence-electron chi connectivity index (χ4n) is 3.59. The summed E-state index contributed by atoms with van der Waals surface area (Å²) in [6.45, 7) is 1.73. The summed E-state index contributed by atoms with van der Waals surface area (Å²) in [5, 5.41) is 5.27. The van der Waals surface area contributed by atoms with Gasteiger partial charge in [-0.2, -0.15) is 0 Å². The van der Waals surface area contributed by atoms with Crippen LogP contribution in [0.5, 0.6) is 0 Å². The van der Waals surface area contributed by atoms with E-state index in [0.29, 0.717) is 16.9 Å². The molecule has 0 saturated heterocycles. The van der Waals surface area contributed by atoms with Gasteiger partial charge in [0.15, 0.2) is 0 Å². The number of nitrogens with one attached hydrogen (secondary N) is 2. The Bertz CT molecular complexity index is 1180. The van der Waals surface area contributed by atoms with Crippen LogP contribution < -0.4 is 16.2 Å². The van der Waals surface area contributed by atoms with Crippen molar-refractivity contribution in [2.45, 2.75) is 19.3 Å². The van der Waals surface area contributed by atoms with Gasteiger partial charge in [0.25, 0.3) is 5.56 Å². The van der Waals surface area contributed by atoms with Crippen molar-refractivity contribution in [2.75, 3.05) is 10.6 Å². The summed E-state index contributed by atoms with van der Waals surface area (Å²) in [5.41, 5.74) is 1.81. The molecule has 1 atom stereocenters. The second-order valence-corrected chi connectivity index (χ2v) is 6.96. The topological polar surface area (TPSA) is 85.1 Å². The first kappa shape index (κ1) is 18.7. The highest BCUT2D eigenvalue weighted by molar-refractivity contribution is 6.05. The molecule has 2 amide bonds. The highest BCUT2D eigenvalue weighted by atomic mass is 19.1. The first-order valence-corrected chi connectivity index (χ1v) is 9.11. The van der Waals surface area contributed by atoms with E-state index in [9.17, 15) is 18.8 Å². The fourth-order valence-corrected chi connectivity index (χ4v) is 3.59. The van der Waals surface area contributed by atoms with Crippen LogP contribution in [0.4, 0.5) is 15.8 Å². The number of benzene rings is 2. The van der Waals surface area contributed by atoms with E-state index in [4.69, 9.17) is 0 Å². The Morgan fingerprint density at radius 1 is 1.17 bits per heavy atom. The Balaban J connectivity index is 1.70. The van der Waals surface area contributed by atoms with E-state index in [1.54, 1.807) is 30.8 Å². The Morgan fingerprint density at radius 2 is 1.90 bits per heavy atom. The normalized spacial score (nSPS) is 15.6. The number of anilines is 2. The van der Waals surface area contributed by atoms with Crippen molar-refractivity contribution in [3.8, 4) is 5.69 Å². The number of carbonyl (C=O) groups excluding carboxylic acids is 2. The number of aromatic nitrogens is 2. The number of rotatable bonds is 3. The molecule has 8 heteroatoms. The Hall–Kier alpha value is -3.68. The quantitative estimate of drug-likeness (QED) is 0.716. The molecule has 1 unspecified atom stereocenters. The maximum Gasteiger partial charge on any atom is 0.295 e. The predicted molar refractivity (Wildman–Crippen MR) is 107 cm³/mol. The lowest BCUT2D eigenvalue weighted by Gasteiger charge is -2.24. The molecule has 2 N–H and O–H groups in total. The fraction of sp³-hybridized carbons (Fsp3) is 0.190. The lowest BCUT2D eigenvalue weighted by Crippen LogP contribution is -2.32. The number of nitrogens with zero attached hydrogens (tertiary/aromatic N) is 2. The number of carbonyl (C=O) groups is 2. The average molecular weight is 394 g/mol. The van der Waals surface area contributed by atoms with Crippen LogP contribution in [-0.2, 0) is 16.6 Å². The van der Waals surface area contributed by atoms with E-state index in [2.05, 4.69) is 10.6 Å².